The van der Waals surface area contributed by atoms with Gasteiger partial charge in [0.2, 0.25) is 0 Å². The molecule has 0 aliphatic heterocycles. The molecule has 0 unspecified atom stereocenters. The summed E-state index contributed by atoms with van der Waals surface area (Å²) < 4.78 is 15.1. The van der Waals surface area contributed by atoms with E-state index in [-0.39, 0.29) is 5.82 Å². The van der Waals surface area contributed by atoms with Gasteiger partial charge in [-0.25, -0.2) is 4.39 Å². The molecule has 14 heavy (non-hydrogen) atoms. The number of hydrogen-bond donors (Lipinski definition) is 0. The van der Waals surface area contributed by atoms with E-state index in [0.29, 0.717) is 10.8 Å². The van der Waals surface area contributed by atoms with E-state index in [2.05, 4.69) is 15.2 Å². The first-order chi connectivity index (χ1) is 6.50. The first-order valence-corrected chi connectivity index (χ1v) is 4.42. The highest BCUT2D eigenvalue weighted by molar-refractivity contribution is 6.29. The van der Waals surface area contributed by atoms with Crippen LogP contribution in [0.5, 0.6) is 0 Å². The SMILES string of the molecule is CC(C)(F)c1nnc2cncc(Cl)n12. The topological polar surface area (TPSA) is 43.1 Å². The van der Waals surface area contributed by atoms with Gasteiger partial charge >= 0.3 is 0 Å². The molecular weight excluding hydrogens is 207 g/mol. The molecule has 0 bridgehead atoms. The molecule has 0 saturated heterocycles. The molecule has 2 aromatic heterocycles. The zero-order chi connectivity index (χ0) is 10.3. The lowest BCUT2D eigenvalue weighted by Crippen LogP contribution is -2.14. The van der Waals surface area contributed by atoms with E-state index in [1.54, 1.807) is 0 Å². The van der Waals surface area contributed by atoms with Crippen molar-refractivity contribution in [2.24, 2.45) is 0 Å². The van der Waals surface area contributed by atoms with Crippen molar-refractivity contribution in [1.82, 2.24) is 19.6 Å². The van der Waals surface area contributed by atoms with Gasteiger partial charge in [-0.3, -0.25) is 9.38 Å². The van der Waals surface area contributed by atoms with Crippen LogP contribution in [0.25, 0.3) is 5.65 Å². The van der Waals surface area contributed by atoms with Crippen LogP contribution in [-0.4, -0.2) is 19.6 Å². The Bertz CT molecular complexity index is 474. The van der Waals surface area contributed by atoms with Gasteiger partial charge in [-0.2, -0.15) is 0 Å². The molecule has 0 fully saturated rings. The van der Waals surface area contributed by atoms with Crippen molar-refractivity contribution in [1.29, 1.82) is 0 Å². The summed E-state index contributed by atoms with van der Waals surface area (Å²) in [6.45, 7) is 2.81. The molecule has 0 aromatic carbocycles. The Morgan fingerprint density at radius 3 is 2.71 bits per heavy atom. The molecule has 6 heteroatoms. The van der Waals surface area contributed by atoms with E-state index in [0.717, 1.165) is 0 Å². The van der Waals surface area contributed by atoms with Crippen LogP contribution in [-0.2, 0) is 5.67 Å². The molecule has 0 aliphatic carbocycles. The summed E-state index contributed by atoms with van der Waals surface area (Å²) in [6.07, 6.45) is 2.90. The number of fused-ring (bicyclic) bond motifs is 1. The highest BCUT2D eigenvalue weighted by Gasteiger charge is 2.26. The second kappa shape index (κ2) is 2.88. The van der Waals surface area contributed by atoms with Crippen LogP contribution in [0.4, 0.5) is 4.39 Å². The highest BCUT2D eigenvalue weighted by Crippen LogP contribution is 2.25. The van der Waals surface area contributed by atoms with E-state index in [4.69, 9.17) is 11.6 Å². The van der Waals surface area contributed by atoms with Crippen molar-refractivity contribution < 1.29 is 4.39 Å². The largest absolute Gasteiger partial charge is 0.264 e. The van der Waals surface area contributed by atoms with Gasteiger partial charge in [-0.15, -0.1) is 10.2 Å². The van der Waals surface area contributed by atoms with Crippen molar-refractivity contribution in [3.05, 3.63) is 23.4 Å². The third-order valence-electron chi connectivity index (χ3n) is 1.80. The zero-order valence-corrected chi connectivity index (χ0v) is 8.46. The monoisotopic (exact) mass is 214 g/mol. The number of nitrogens with zero attached hydrogens (tertiary/aromatic N) is 4. The average molecular weight is 215 g/mol. The minimum absolute atomic E-state index is 0.180. The van der Waals surface area contributed by atoms with E-state index >= 15 is 0 Å². The quantitative estimate of drug-likeness (QED) is 0.729. The summed E-state index contributed by atoms with van der Waals surface area (Å²) in [4.78, 5) is 3.83. The molecule has 0 amide bonds. The number of aromatic nitrogens is 4. The van der Waals surface area contributed by atoms with Crippen LogP contribution < -0.4 is 0 Å². The lowest BCUT2D eigenvalue weighted by Gasteiger charge is -2.11. The average Bonchev–Trinajstić information content (AvgIpc) is 2.47. The van der Waals surface area contributed by atoms with Crippen LogP contribution in [0, 0.1) is 0 Å². The van der Waals surface area contributed by atoms with Crippen LogP contribution in [0.3, 0.4) is 0 Å². The minimum Gasteiger partial charge on any atom is -0.264 e. The predicted octanol–water partition coefficient (Wildman–Crippen LogP) is 1.98. The van der Waals surface area contributed by atoms with Crippen molar-refractivity contribution in [2.45, 2.75) is 19.5 Å². The molecule has 74 valence electrons. The zero-order valence-electron chi connectivity index (χ0n) is 7.70. The first kappa shape index (κ1) is 9.33. The fraction of sp³-hybridized carbons (Fsp3) is 0.375. The second-order valence-corrected chi connectivity index (χ2v) is 3.81. The molecule has 2 heterocycles. The summed E-state index contributed by atoms with van der Waals surface area (Å²) in [7, 11) is 0. The Balaban J connectivity index is 2.80. The summed E-state index contributed by atoms with van der Waals surface area (Å²) in [6, 6.07) is 0. The summed E-state index contributed by atoms with van der Waals surface area (Å²) in [5, 5.41) is 7.81. The molecule has 2 aromatic rings. The van der Waals surface area contributed by atoms with Crippen molar-refractivity contribution >= 4 is 17.2 Å². The van der Waals surface area contributed by atoms with Gasteiger partial charge in [0, 0.05) is 0 Å². The van der Waals surface area contributed by atoms with E-state index < -0.39 is 5.67 Å². The highest BCUT2D eigenvalue weighted by atomic mass is 35.5. The van der Waals surface area contributed by atoms with Gasteiger partial charge in [0.25, 0.3) is 0 Å². The minimum atomic E-state index is -1.58. The third-order valence-corrected chi connectivity index (χ3v) is 2.07. The Morgan fingerprint density at radius 1 is 1.36 bits per heavy atom. The molecule has 2 rings (SSSR count). The Labute approximate surface area is 84.7 Å². The lowest BCUT2D eigenvalue weighted by molar-refractivity contribution is 0.205. The summed E-state index contributed by atoms with van der Waals surface area (Å²) in [5.41, 5.74) is -1.14. The third kappa shape index (κ3) is 1.33. The Kier molecular flexibility index (Phi) is 1.92. The number of hydrogen-bond acceptors (Lipinski definition) is 3. The lowest BCUT2D eigenvalue weighted by atomic mass is 10.1. The smallest absolute Gasteiger partial charge is 0.180 e. The van der Waals surface area contributed by atoms with Crippen LogP contribution >= 0.6 is 11.6 Å². The fourth-order valence-electron chi connectivity index (χ4n) is 1.20. The molecule has 0 radical (unpaired) electrons. The van der Waals surface area contributed by atoms with Gasteiger partial charge in [-0.05, 0) is 13.8 Å². The molecule has 0 spiro atoms. The summed E-state index contributed by atoms with van der Waals surface area (Å²) >= 11 is 5.86. The van der Waals surface area contributed by atoms with Gasteiger partial charge < -0.3 is 0 Å². The van der Waals surface area contributed by atoms with E-state index in [1.807, 2.05) is 0 Å². The molecule has 0 atom stereocenters. The van der Waals surface area contributed by atoms with Crippen LogP contribution in [0.1, 0.15) is 19.7 Å². The fourth-order valence-corrected chi connectivity index (χ4v) is 1.42. The maximum absolute atomic E-state index is 13.7. The van der Waals surface area contributed by atoms with Crippen LogP contribution in [0.15, 0.2) is 12.4 Å². The second-order valence-electron chi connectivity index (χ2n) is 3.42. The van der Waals surface area contributed by atoms with Gasteiger partial charge in [-0.1, -0.05) is 11.6 Å². The van der Waals surface area contributed by atoms with E-state index in [1.165, 1.54) is 30.6 Å². The maximum atomic E-state index is 13.7. The molecule has 0 N–H and O–H groups in total. The molecule has 0 aliphatic rings. The first-order valence-electron chi connectivity index (χ1n) is 4.04. The number of halogens is 2. The van der Waals surface area contributed by atoms with Gasteiger partial charge in [0.15, 0.2) is 17.1 Å². The standard InChI is InChI=1S/C8H8ClFN4/c1-8(2,10)7-13-12-6-4-11-3-5(9)14(6)7/h3-4H,1-2H3. The van der Waals surface area contributed by atoms with Gasteiger partial charge in [0.05, 0.1) is 12.4 Å². The molecule has 0 saturated carbocycles. The van der Waals surface area contributed by atoms with Crippen molar-refractivity contribution in [3.63, 3.8) is 0 Å². The Morgan fingerprint density at radius 2 is 2.07 bits per heavy atom. The number of alkyl halides is 1. The van der Waals surface area contributed by atoms with E-state index in [9.17, 15) is 4.39 Å². The van der Waals surface area contributed by atoms with Crippen molar-refractivity contribution in [2.75, 3.05) is 0 Å². The normalized spacial score (nSPS) is 12.3. The molecular formula is C8H8ClFN4. The van der Waals surface area contributed by atoms with Crippen molar-refractivity contribution in [3.8, 4) is 0 Å². The van der Waals surface area contributed by atoms with Crippen LogP contribution in [0.2, 0.25) is 5.15 Å². The predicted molar refractivity (Wildman–Crippen MR) is 49.9 cm³/mol. The Hall–Kier alpha value is -1.23. The maximum Gasteiger partial charge on any atom is 0.180 e. The number of rotatable bonds is 1. The summed E-state index contributed by atoms with van der Waals surface area (Å²) in [5.74, 6) is 0.180. The molecule has 4 nitrogen and oxygen atoms in total. The van der Waals surface area contributed by atoms with Gasteiger partial charge in [0.1, 0.15) is 5.15 Å².